The van der Waals surface area contributed by atoms with Gasteiger partial charge in [-0.15, -0.1) is 11.6 Å². The van der Waals surface area contributed by atoms with Crippen LogP contribution in [0.1, 0.15) is 29.4 Å². The predicted octanol–water partition coefficient (Wildman–Crippen LogP) is 2.48. The van der Waals surface area contributed by atoms with Crippen molar-refractivity contribution in [3.8, 4) is 0 Å². The molecule has 4 heteroatoms. The topological polar surface area (TPSA) is 33.2 Å². The summed E-state index contributed by atoms with van der Waals surface area (Å²) in [5, 5.41) is 0.0612. The van der Waals surface area contributed by atoms with Crippen LogP contribution in [0.3, 0.4) is 0 Å². The molecule has 92 valence electrons. The molecular formula is C13H17ClN2O. The summed E-state index contributed by atoms with van der Waals surface area (Å²) in [4.78, 5) is 18.2. The second-order valence-electron chi connectivity index (χ2n) is 4.72. The lowest BCUT2D eigenvalue weighted by molar-refractivity contribution is 0.0701. The Morgan fingerprint density at radius 1 is 1.53 bits per heavy atom. The first kappa shape index (κ1) is 12.4. The van der Waals surface area contributed by atoms with E-state index in [2.05, 4.69) is 11.9 Å². The van der Waals surface area contributed by atoms with E-state index in [9.17, 15) is 4.79 Å². The summed E-state index contributed by atoms with van der Waals surface area (Å²) in [6, 6.07) is 3.68. The van der Waals surface area contributed by atoms with Crippen LogP contribution in [0.5, 0.6) is 0 Å². The number of nitrogens with zero attached hydrogens (tertiary/aromatic N) is 2. The number of piperidine rings is 1. The van der Waals surface area contributed by atoms with E-state index < -0.39 is 0 Å². The first-order valence-corrected chi connectivity index (χ1v) is 6.37. The molecule has 0 saturated carbocycles. The minimum absolute atomic E-state index is 0.0371. The standard InChI is InChI=1S/C13H17ClN2O/c1-9-5-6-16(8-12(9)14)13(17)11-4-3-10(2)15-7-11/h3-4,7,9,12H,5-6,8H2,1-2H3. The van der Waals surface area contributed by atoms with E-state index in [-0.39, 0.29) is 11.3 Å². The van der Waals surface area contributed by atoms with Crippen LogP contribution in [-0.4, -0.2) is 34.3 Å². The Kier molecular flexibility index (Phi) is 3.67. The second kappa shape index (κ2) is 5.05. The van der Waals surface area contributed by atoms with Gasteiger partial charge in [0.05, 0.1) is 10.9 Å². The molecule has 0 bridgehead atoms. The fourth-order valence-electron chi connectivity index (χ4n) is 1.98. The van der Waals surface area contributed by atoms with Crippen molar-refractivity contribution in [3.05, 3.63) is 29.6 Å². The van der Waals surface area contributed by atoms with Gasteiger partial charge in [-0.25, -0.2) is 0 Å². The van der Waals surface area contributed by atoms with Crippen LogP contribution < -0.4 is 0 Å². The zero-order chi connectivity index (χ0) is 12.4. The van der Waals surface area contributed by atoms with Crippen molar-refractivity contribution in [2.24, 2.45) is 5.92 Å². The fraction of sp³-hybridized carbons (Fsp3) is 0.538. The molecule has 1 aliphatic rings. The summed E-state index contributed by atoms with van der Waals surface area (Å²) >= 11 is 6.21. The fourth-order valence-corrected chi connectivity index (χ4v) is 2.28. The second-order valence-corrected chi connectivity index (χ2v) is 5.28. The van der Waals surface area contributed by atoms with E-state index >= 15 is 0 Å². The van der Waals surface area contributed by atoms with Crippen LogP contribution in [0.15, 0.2) is 18.3 Å². The normalized spacial score (nSPS) is 24.8. The molecule has 1 aliphatic heterocycles. The predicted molar refractivity (Wildman–Crippen MR) is 68.3 cm³/mol. The molecule has 2 atom stereocenters. The summed E-state index contributed by atoms with van der Waals surface area (Å²) in [5.74, 6) is 0.520. The zero-order valence-corrected chi connectivity index (χ0v) is 10.9. The average Bonchev–Trinajstić information content (AvgIpc) is 2.33. The molecule has 17 heavy (non-hydrogen) atoms. The maximum atomic E-state index is 12.2. The number of halogens is 1. The molecule has 0 N–H and O–H groups in total. The van der Waals surface area contributed by atoms with Gasteiger partial charge < -0.3 is 4.90 Å². The molecule has 2 rings (SSSR count). The molecule has 0 aliphatic carbocycles. The highest BCUT2D eigenvalue weighted by Crippen LogP contribution is 2.22. The van der Waals surface area contributed by atoms with Gasteiger partial charge in [0.2, 0.25) is 0 Å². The molecule has 0 radical (unpaired) electrons. The molecule has 1 aromatic rings. The molecule has 2 unspecified atom stereocenters. The van der Waals surface area contributed by atoms with E-state index in [1.165, 1.54) is 0 Å². The molecule has 1 fully saturated rings. The van der Waals surface area contributed by atoms with Crippen LogP contribution in [0.4, 0.5) is 0 Å². The van der Waals surface area contributed by atoms with Gasteiger partial charge in [0.25, 0.3) is 5.91 Å². The summed E-state index contributed by atoms with van der Waals surface area (Å²) in [5.41, 5.74) is 1.57. The SMILES string of the molecule is Cc1ccc(C(=O)N2CCC(C)C(Cl)C2)cn1. The quantitative estimate of drug-likeness (QED) is 0.720. The minimum atomic E-state index is 0.0371. The first-order valence-electron chi connectivity index (χ1n) is 5.94. The lowest BCUT2D eigenvalue weighted by atomic mass is 9.98. The lowest BCUT2D eigenvalue weighted by Gasteiger charge is -2.33. The number of hydrogen-bond acceptors (Lipinski definition) is 2. The van der Waals surface area contributed by atoms with Crippen molar-refractivity contribution >= 4 is 17.5 Å². The highest BCUT2D eigenvalue weighted by Gasteiger charge is 2.27. The van der Waals surface area contributed by atoms with Crippen molar-refractivity contribution in [1.29, 1.82) is 0 Å². The summed E-state index contributed by atoms with van der Waals surface area (Å²) in [6.45, 7) is 5.46. The van der Waals surface area contributed by atoms with Gasteiger partial charge in [-0.3, -0.25) is 9.78 Å². The minimum Gasteiger partial charge on any atom is -0.337 e. The third kappa shape index (κ3) is 2.78. The first-order chi connectivity index (χ1) is 8.08. The molecule has 1 aromatic heterocycles. The molecule has 0 aromatic carbocycles. The number of carbonyl (C=O) groups is 1. The van der Waals surface area contributed by atoms with E-state index in [0.717, 1.165) is 18.7 Å². The summed E-state index contributed by atoms with van der Waals surface area (Å²) < 4.78 is 0. The van der Waals surface area contributed by atoms with Crippen LogP contribution in [-0.2, 0) is 0 Å². The number of rotatable bonds is 1. The van der Waals surface area contributed by atoms with Crippen molar-refractivity contribution in [3.63, 3.8) is 0 Å². The molecule has 3 nitrogen and oxygen atoms in total. The van der Waals surface area contributed by atoms with Crippen LogP contribution in [0.25, 0.3) is 0 Å². The van der Waals surface area contributed by atoms with Gasteiger partial charge in [0.15, 0.2) is 0 Å². The number of likely N-dealkylation sites (tertiary alicyclic amines) is 1. The van der Waals surface area contributed by atoms with E-state index in [1.54, 1.807) is 6.20 Å². The number of hydrogen-bond donors (Lipinski definition) is 0. The highest BCUT2D eigenvalue weighted by molar-refractivity contribution is 6.21. The van der Waals surface area contributed by atoms with Crippen molar-refractivity contribution in [1.82, 2.24) is 9.88 Å². The van der Waals surface area contributed by atoms with Gasteiger partial charge in [0, 0.05) is 25.0 Å². The van der Waals surface area contributed by atoms with E-state index in [4.69, 9.17) is 11.6 Å². The average molecular weight is 253 g/mol. The Labute approximate surface area is 107 Å². The molecule has 2 heterocycles. The number of pyridine rings is 1. The smallest absolute Gasteiger partial charge is 0.255 e. The summed E-state index contributed by atoms with van der Waals surface area (Å²) in [7, 11) is 0. The third-order valence-electron chi connectivity index (χ3n) is 3.31. The van der Waals surface area contributed by atoms with Gasteiger partial charge >= 0.3 is 0 Å². The van der Waals surface area contributed by atoms with Crippen LogP contribution >= 0.6 is 11.6 Å². The molecule has 1 saturated heterocycles. The molecule has 1 amide bonds. The lowest BCUT2D eigenvalue weighted by Crippen LogP contribution is -2.43. The van der Waals surface area contributed by atoms with Crippen LogP contribution in [0.2, 0.25) is 0 Å². The maximum Gasteiger partial charge on any atom is 0.255 e. The Bertz CT molecular complexity index is 404. The van der Waals surface area contributed by atoms with Crippen molar-refractivity contribution in [2.75, 3.05) is 13.1 Å². The molecular weight excluding hydrogens is 236 g/mol. The number of carbonyl (C=O) groups excluding carboxylic acids is 1. The van der Waals surface area contributed by atoms with Gasteiger partial charge in [0.1, 0.15) is 0 Å². The number of aryl methyl sites for hydroxylation is 1. The Hall–Kier alpha value is -1.09. The van der Waals surface area contributed by atoms with Gasteiger partial charge in [-0.1, -0.05) is 6.92 Å². The Balaban J connectivity index is 2.08. The van der Waals surface area contributed by atoms with Gasteiger partial charge in [-0.05, 0) is 31.4 Å². The number of alkyl halides is 1. The third-order valence-corrected chi connectivity index (χ3v) is 3.88. The van der Waals surface area contributed by atoms with Crippen LogP contribution in [0, 0.1) is 12.8 Å². The van der Waals surface area contributed by atoms with Crippen molar-refractivity contribution in [2.45, 2.75) is 25.6 Å². The van der Waals surface area contributed by atoms with E-state index in [0.29, 0.717) is 18.0 Å². The Morgan fingerprint density at radius 2 is 2.29 bits per heavy atom. The maximum absolute atomic E-state index is 12.2. The largest absolute Gasteiger partial charge is 0.337 e. The van der Waals surface area contributed by atoms with E-state index in [1.807, 2.05) is 24.0 Å². The zero-order valence-electron chi connectivity index (χ0n) is 10.2. The van der Waals surface area contributed by atoms with Crippen molar-refractivity contribution < 1.29 is 4.79 Å². The summed E-state index contributed by atoms with van der Waals surface area (Å²) in [6.07, 6.45) is 2.61. The highest BCUT2D eigenvalue weighted by atomic mass is 35.5. The monoisotopic (exact) mass is 252 g/mol. The number of amides is 1. The molecule has 0 spiro atoms. The Morgan fingerprint density at radius 3 is 2.88 bits per heavy atom. The number of aromatic nitrogens is 1. The van der Waals surface area contributed by atoms with Gasteiger partial charge in [-0.2, -0.15) is 0 Å².